The highest BCUT2D eigenvalue weighted by atomic mass is 16.5. The molecular formula is C12H25NO. The molecule has 1 rings (SSSR count). The zero-order valence-electron chi connectivity index (χ0n) is 9.88. The number of ether oxygens (including phenoxy) is 1. The van der Waals surface area contributed by atoms with E-state index >= 15 is 0 Å². The van der Waals surface area contributed by atoms with Crippen LogP contribution in [0.1, 0.15) is 46.0 Å². The zero-order valence-corrected chi connectivity index (χ0v) is 9.88. The third kappa shape index (κ3) is 3.58. The highest BCUT2D eigenvalue weighted by Gasteiger charge is 2.24. The van der Waals surface area contributed by atoms with E-state index in [2.05, 4.69) is 26.2 Å². The van der Waals surface area contributed by atoms with Gasteiger partial charge < -0.3 is 10.1 Å². The van der Waals surface area contributed by atoms with E-state index in [1.165, 1.54) is 32.1 Å². The molecule has 0 aliphatic carbocycles. The van der Waals surface area contributed by atoms with E-state index in [4.69, 9.17) is 4.74 Å². The molecule has 1 aliphatic heterocycles. The second-order valence-electron chi connectivity index (χ2n) is 4.55. The first-order valence-corrected chi connectivity index (χ1v) is 6.06. The van der Waals surface area contributed by atoms with Crippen LogP contribution < -0.4 is 5.32 Å². The number of hydrogen-bond donors (Lipinski definition) is 1. The second-order valence-corrected chi connectivity index (χ2v) is 4.55. The summed E-state index contributed by atoms with van der Waals surface area (Å²) in [5.41, 5.74) is 0. The van der Waals surface area contributed by atoms with Crippen molar-refractivity contribution in [3.05, 3.63) is 0 Å². The van der Waals surface area contributed by atoms with Gasteiger partial charge in [-0.25, -0.2) is 0 Å². The predicted molar refractivity (Wildman–Crippen MR) is 60.5 cm³/mol. The van der Waals surface area contributed by atoms with Crippen molar-refractivity contribution in [1.29, 1.82) is 0 Å². The van der Waals surface area contributed by atoms with Crippen LogP contribution in [0.3, 0.4) is 0 Å². The van der Waals surface area contributed by atoms with Crippen molar-refractivity contribution in [2.24, 2.45) is 5.92 Å². The number of hydrogen-bond acceptors (Lipinski definition) is 2. The molecule has 0 saturated carbocycles. The summed E-state index contributed by atoms with van der Waals surface area (Å²) in [5.74, 6) is 0.804. The highest BCUT2D eigenvalue weighted by Crippen LogP contribution is 2.21. The van der Waals surface area contributed by atoms with Gasteiger partial charge in [0.05, 0.1) is 6.10 Å². The molecule has 0 radical (unpaired) electrons. The molecule has 2 nitrogen and oxygen atoms in total. The minimum absolute atomic E-state index is 0.461. The average Bonchev–Trinajstić information content (AvgIpc) is 2.26. The van der Waals surface area contributed by atoms with Gasteiger partial charge in [0.25, 0.3) is 0 Å². The van der Waals surface area contributed by atoms with Gasteiger partial charge in [-0.3, -0.25) is 0 Å². The maximum atomic E-state index is 5.81. The van der Waals surface area contributed by atoms with Crippen molar-refractivity contribution < 1.29 is 4.74 Å². The summed E-state index contributed by atoms with van der Waals surface area (Å²) in [7, 11) is 2.06. The molecule has 0 spiro atoms. The normalized spacial score (nSPS) is 27.2. The Kier molecular flexibility index (Phi) is 5.49. The molecule has 1 aliphatic rings. The van der Waals surface area contributed by atoms with Crippen LogP contribution in [0.25, 0.3) is 0 Å². The maximum absolute atomic E-state index is 5.81. The first kappa shape index (κ1) is 12.0. The molecule has 14 heavy (non-hydrogen) atoms. The van der Waals surface area contributed by atoms with Crippen LogP contribution in [0.2, 0.25) is 0 Å². The molecule has 1 fully saturated rings. The summed E-state index contributed by atoms with van der Waals surface area (Å²) < 4.78 is 5.81. The van der Waals surface area contributed by atoms with Crippen LogP contribution in [-0.4, -0.2) is 25.8 Å². The smallest absolute Gasteiger partial charge is 0.0728 e. The molecule has 1 N–H and O–H groups in total. The standard InChI is InChI=1S/C12H25NO/c1-4-10(2)9-11(13-3)12-7-5-6-8-14-12/h10-13H,4-9H2,1-3H3. The van der Waals surface area contributed by atoms with Crippen LogP contribution >= 0.6 is 0 Å². The van der Waals surface area contributed by atoms with Gasteiger partial charge in [-0.2, -0.15) is 0 Å². The van der Waals surface area contributed by atoms with Gasteiger partial charge in [-0.05, 0) is 38.6 Å². The second kappa shape index (κ2) is 6.41. The Morgan fingerprint density at radius 3 is 2.71 bits per heavy atom. The Labute approximate surface area is 88.4 Å². The highest BCUT2D eigenvalue weighted by molar-refractivity contribution is 4.79. The Bertz CT molecular complexity index is 143. The van der Waals surface area contributed by atoms with Crippen LogP contribution in [-0.2, 0) is 4.74 Å². The molecule has 0 bridgehead atoms. The molecule has 3 unspecified atom stereocenters. The Balaban J connectivity index is 2.35. The number of rotatable bonds is 5. The molecule has 1 heterocycles. The van der Waals surface area contributed by atoms with E-state index in [0.29, 0.717) is 12.1 Å². The molecule has 0 aromatic heterocycles. The first-order valence-electron chi connectivity index (χ1n) is 6.06. The van der Waals surface area contributed by atoms with Gasteiger partial charge in [0.2, 0.25) is 0 Å². The van der Waals surface area contributed by atoms with Gasteiger partial charge in [0.15, 0.2) is 0 Å². The lowest BCUT2D eigenvalue weighted by atomic mass is 9.92. The van der Waals surface area contributed by atoms with Crippen molar-refractivity contribution in [1.82, 2.24) is 5.32 Å². The number of nitrogens with one attached hydrogen (secondary N) is 1. The van der Waals surface area contributed by atoms with Gasteiger partial charge in [-0.1, -0.05) is 20.3 Å². The van der Waals surface area contributed by atoms with Crippen molar-refractivity contribution in [2.45, 2.75) is 58.1 Å². The van der Waals surface area contributed by atoms with Crippen molar-refractivity contribution >= 4 is 0 Å². The fourth-order valence-corrected chi connectivity index (χ4v) is 2.14. The Hall–Kier alpha value is -0.0800. The summed E-state index contributed by atoms with van der Waals surface area (Å²) in [6.45, 7) is 5.55. The van der Waals surface area contributed by atoms with E-state index in [9.17, 15) is 0 Å². The lowest BCUT2D eigenvalue weighted by molar-refractivity contribution is -0.0106. The number of likely N-dealkylation sites (N-methyl/N-ethyl adjacent to an activating group) is 1. The van der Waals surface area contributed by atoms with Gasteiger partial charge in [-0.15, -0.1) is 0 Å². The quantitative estimate of drug-likeness (QED) is 0.735. The summed E-state index contributed by atoms with van der Waals surface area (Å²) >= 11 is 0. The van der Waals surface area contributed by atoms with Gasteiger partial charge in [0.1, 0.15) is 0 Å². The van der Waals surface area contributed by atoms with Crippen LogP contribution in [0, 0.1) is 5.92 Å². The lowest BCUT2D eigenvalue weighted by Gasteiger charge is -2.31. The molecular weight excluding hydrogens is 174 g/mol. The zero-order chi connectivity index (χ0) is 10.4. The van der Waals surface area contributed by atoms with Gasteiger partial charge in [0, 0.05) is 12.6 Å². The monoisotopic (exact) mass is 199 g/mol. The third-order valence-electron chi connectivity index (χ3n) is 3.39. The van der Waals surface area contributed by atoms with Crippen LogP contribution in [0.15, 0.2) is 0 Å². The Morgan fingerprint density at radius 1 is 1.43 bits per heavy atom. The van der Waals surface area contributed by atoms with Crippen LogP contribution in [0.5, 0.6) is 0 Å². The maximum Gasteiger partial charge on any atom is 0.0728 e. The van der Waals surface area contributed by atoms with Crippen molar-refractivity contribution in [2.75, 3.05) is 13.7 Å². The summed E-state index contributed by atoms with van der Waals surface area (Å²) in [5, 5.41) is 3.41. The predicted octanol–water partition coefficient (Wildman–Crippen LogP) is 2.58. The van der Waals surface area contributed by atoms with E-state index in [-0.39, 0.29) is 0 Å². The fourth-order valence-electron chi connectivity index (χ4n) is 2.14. The fraction of sp³-hybridized carbons (Fsp3) is 1.00. The van der Waals surface area contributed by atoms with Crippen molar-refractivity contribution in [3.8, 4) is 0 Å². The lowest BCUT2D eigenvalue weighted by Crippen LogP contribution is -2.42. The van der Waals surface area contributed by atoms with Gasteiger partial charge >= 0.3 is 0 Å². The van der Waals surface area contributed by atoms with Crippen LogP contribution in [0.4, 0.5) is 0 Å². The average molecular weight is 199 g/mol. The summed E-state index contributed by atoms with van der Waals surface area (Å²) in [6.07, 6.45) is 6.80. The molecule has 84 valence electrons. The SMILES string of the molecule is CCC(C)CC(NC)C1CCCCO1. The van der Waals surface area contributed by atoms with Crippen molar-refractivity contribution in [3.63, 3.8) is 0 Å². The molecule has 2 heteroatoms. The molecule has 1 saturated heterocycles. The minimum Gasteiger partial charge on any atom is -0.377 e. The molecule has 3 atom stereocenters. The molecule has 0 aromatic carbocycles. The summed E-state index contributed by atoms with van der Waals surface area (Å²) in [4.78, 5) is 0. The van der Waals surface area contributed by atoms with E-state index < -0.39 is 0 Å². The van der Waals surface area contributed by atoms with E-state index in [1.807, 2.05) is 0 Å². The topological polar surface area (TPSA) is 21.3 Å². The third-order valence-corrected chi connectivity index (χ3v) is 3.39. The van der Waals surface area contributed by atoms with E-state index in [1.54, 1.807) is 0 Å². The van der Waals surface area contributed by atoms with E-state index in [0.717, 1.165) is 12.5 Å². The molecule has 0 aromatic rings. The minimum atomic E-state index is 0.461. The summed E-state index contributed by atoms with van der Waals surface area (Å²) in [6, 6.07) is 0.560. The molecule has 0 amide bonds. The largest absolute Gasteiger partial charge is 0.377 e. The first-order chi connectivity index (χ1) is 6.77. The Morgan fingerprint density at radius 2 is 2.21 bits per heavy atom.